The summed E-state index contributed by atoms with van der Waals surface area (Å²) in [4.78, 5) is 27.9. The molecule has 1 N–H and O–H groups in total. The van der Waals surface area contributed by atoms with Crippen molar-refractivity contribution in [3.05, 3.63) is 108 Å². The van der Waals surface area contributed by atoms with E-state index in [2.05, 4.69) is 47.8 Å². The van der Waals surface area contributed by atoms with E-state index in [0.717, 1.165) is 33.3 Å². The lowest BCUT2D eigenvalue weighted by molar-refractivity contribution is -0.121. The van der Waals surface area contributed by atoms with Gasteiger partial charge in [-0.15, -0.1) is 6.58 Å². The maximum absolute atomic E-state index is 13.5. The molecule has 2 heterocycles. The Kier molecular flexibility index (Phi) is 5.31. The number of hydrogen-bond acceptors (Lipinski definition) is 2. The molecule has 0 fully saturated rings. The van der Waals surface area contributed by atoms with Gasteiger partial charge in [-0.25, -0.2) is 0 Å². The Hall–Kier alpha value is -4.12. The molecule has 1 aliphatic rings. The van der Waals surface area contributed by atoms with Gasteiger partial charge in [-0.1, -0.05) is 72.8 Å². The van der Waals surface area contributed by atoms with Gasteiger partial charge in [0.1, 0.15) is 6.54 Å². The van der Waals surface area contributed by atoms with Crippen molar-refractivity contribution < 1.29 is 9.59 Å². The highest BCUT2D eigenvalue weighted by atomic mass is 16.2. The van der Waals surface area contributed by atoms with Crippen LogP contribution in [0.4, 0.5) is 0 Å². The van der Waals surface area contributed by atoms with E-state index >= 15 is 0 Å². The maximum Gasteiger partial charge on any atom is 0.255 e. The average molecular weight is 436 g/mol. The first kappa shape index (κ1) is 20.8. The fraction of sp³-hybridized carbons (Fsp3) is 0.143. The third kappa shape index (κ3) is 3.42. The van der Waals surface area contributed by atoms with Crippen LogP contribution < -0.4 is 5.32 Å². The molecule has 5 rings (SSSR count). The first-order valence-electron chi connectivity index (χ1n) is 11.0. The van der Waals surface area contributed by atoms with Crippen molar-refractivity contribution in [3.8, 4) is 11.3 Å². The van der Waals surface area contributed by atoms with Crippen LogP contribution in [0.15, 0.2) is 91.5 Å². The van der Waals surface area contributed by atoms with Gasteiger partial charge < -0.3 is 14.8 Å². The molecule has 1 aliphatic heterocycles. The molecule has 5 nitrogen and oxygen atoms in total. The van der Waals surface area contributed by atoms with Gasteiger partial charge in [-0.2, -0.15) is 0 Å². The summed E-state index contributed by atoms with van der Waals surface area (Å²) in [6, 6.07) is 25.7. The Morgan fingerprint density at radius 3 is 2.48 bits per heavy atom. The molecule has 0 bridgehead atoms. The second-order valence-electron chi connectivity index (χ2n) is 8.22. The molecule has 1 aromatic heterocycles. The molecule has 0 unspecified atom stereocenters. The number of carbonyl (C=O) groups is 2. The molecule has 5 heteroatoms. The minimum absolute atomic E-state index is 0.0243. The number of aryl methyl sites for hydroxylation is 1. The standard InChI is InChI=1S/C28H25N3O2/c1-3-17-29-24(32)18-31-27(20-13-7-8-14-21(20)28(31)33)25-22-15-9-10-16-23(22)30(2)26(25)19-11-5-4-6-12-19/h3-16,27H,1,17-18H2,2H3,(H,29,32)/t27-/m1/s1. The van der Waals surface area contributed by atoms with Gasteiger partial charge in [0, 0.05) is 35.6 Å². The molecular formula is C28H25N3O2. The third-order valence-electron chi connectivity index (χ3n) is 6.28. The number of rotatable bonds is 6. The van der Waals surface area contributed by atoms with Crippen molar-refractivity contribution in [3.63, 3.8) is 0 Å². The van der Waals surface area contributed by atoms with Gasteiger partial charge in [-0.3, -0.25) is 9.59 Å². The summed E-state index contributed by atoms with van der Waals surface area (Å²) in [6.45, 7) is 4.00. The number of hydrogen-bond donors (Lipinski definition) is 1. The van der Waals surface area contributed by atoms with Crippen LogP contribution in [0.1, 0.15) is 27.5 Å². The van der Waals surface area contributed by atoms with Crippen LogP contribution in [0.25, 0.3) is 22.2 Å². The number of fused-ring (bicyclic) bond motifs is 2. The zero-order chi connectivity index (χ0) is 22.9. The molecule has 0 saturated carbocycles. The van der Waals surface area contributed by atoms with Crippen LogP contribution in [-0.4, -0.2) is 34.4 Å². The van der Waals surface area contributed by atoms with Gasteiger partial charge in [0.15, 0.2) is 0 Å². The van der Waals surface area contributed by atoms with Crippen LogP contribution in [0, 0.1) is 0 Å². The summed E-state index contributed by atoms with van der Waals surface area (Å²) in [5.41, 5.74) is 5.80. The van der Waals surface area contributed by atoms with Crippen LogP contribution in [0.2, 0.25) is 0 Å². The molecule has 0 aliphatic carbocycles. The van der Waals surface area contributed by atoms with Crippen molar-refractivity contribution >= 4 is 22.7 Å². The van der Waals surface area contributed by atoms with E-state index in [9.17, 15) is 9.59 Å². The lowest BCUT2D eigenvalue weighted by atomic mass is 9.93. The summed E-state index contributed by atoms with van der Waals surface area (Å²) in [7, 11) is 2.05. The molecule has 0 radical (unpaired) electrons. The molecule has 1 atom stereocenters. The third-order valence-corrected chi connectivity index (χ3v) is 6.28. The smallest absolute Gasteiger partial charge is 0.255 e. The Bertz CT molecular complexity index is 1370. The summed E-state index contributed by atoms with van der Waals surface area (Å²) >= 11 is 0. The first-order chi connectivity index (χ1) is 16.1. The van der Waals surface area contributed by atoms with E-state index in [-0.39, 0.29) is 24.4 Å². The van der Waals surface area contributed by atoms with E-state index in [1.807, 2.05) is 54.6 Å². The van der Waals surface area contributed by atoms with Crippen molar-refractivity contribution in [1.29, 1.82) is 0 Å². The van der Waals surface area contributed by atoms with E-state index in [1.165, 1.54) is 0 Å². The summed E-state index contributed by atoms with van der Waals surface area (Å²) in [5.74, 6) is -0.334. The molecule has 4 aromatic rings. The Morgan fingerprint density at radius 2 is 1.70 bits per heavy atom. The monoisotopic (exact) mass is 435 g/mol. The highest BCUT2D eigenvalue weighted by Gasteiger charge is 2.41. The predicted molar refractivity (Wildman–Crippen MR) is 131 cm³/mol. The second-order valence-corrected chi connectivity index (χ2v) is 8.22. The van der Waals surface area contributed by atoms with Crippen molar-refractivity contribution in [2.24, 2.45) is 7.05 Å². The summed E-state index contributed by atoms with van der Waals surface area (Å²) in [5, 5.41) is 3.89. The SMILES string of the molecule is C=CCNC(=O)CN1C(=O)c2ccccc2[C@@H]1c1c(-c2ccccc2)n(C)c2ccccc12. The maximum atomic E-state index is 13.5. The summed E-state index contributed by atoms with van der Waals surface area (Å²) < 4.78 is 2.18. The van der Waals surface area contributed by atoms with Crippen LogP contribution >= 0.6 is 0 Å². The van der Waals surface area contributed by atoms with E-state index in [1.54, 1.807) is 11.0 Å². The number of carbonyl (C=O) groups excluding carboxylic acids is 2. The fourth-order valence-electron chi connectivity index (χ4n) is 4.89. The first-order valence-corrected chi connectivity index (χ1v) is 11.0. The highest BCUT2D eigenvalue weighted by molar-refractivity contribution is 6.03. The average Bonchev–Trinajstić information content (AvgIpc) is 3.29. The number of nitrogens with one attached hydrogen (secondary N) is 1. The molecule has 0 saturated heterocycles. The minimum atomic E-state index is -0.371. The minimum Gasteiger partial charge on any atom is -0.351 e. The van der Waals surface area contributed by atoms with Crippen molar-refractivity contribution in [1.82, 2.24) is 14.8 Å². The lowest BCUT2D eigenvalue weighted by Gasteiger charge is -2.26. The fourth-order valence-corrected chi connectivity index (χ4v) is 4.89. The van der Waals surface area contributed by atoms with E-state index in [4.69, 9.17) is 0 Å². The zero-order valence-corrected chi connectivity index (χ0v) is 18.5. The number of benzene rings is 3. The van der Waals surface area contributed by atoms with Crippen molar-refractivity contribution in [2.75, 3.05) is 13.1 Å². The Labute approximate surface area is 193 Å². The van der Waals surface area contributed by atoms with Gasteiger partial charge in [-0.05, 0) is 23.3 Å². The number of para-hydroxylation sites is 1. The number of amides is 2. The number of nitrogens with zero attached hydrogens (tertiary/aromatic N) is 2. The highest BCUT2D eigenvalue weighted by Crippen LogP contribution is 2.46. The van der Waals surface area contributed by atoms with Crippen molar-refractivity contribution in [2.45, 2.75) is 6.04 Å². The zero-order valence-electron chi connectivity index (χ0n) is 18.5. The second kappa shape index (κ2) is 8.43. The molecule has 164 valence electrons. The van der Waals surface area contributed by atoms with E-state index in [0.29, 0.717) is 12.1 Å². The summed E-state index contributed by atoms with van der Waals surface area (Å²) in [6.07, 6.45) is 1.63. The largest absolute Gasteiger partial charge is 0.351 e. The normalized spacial score (nSPS) is 15.0. The van der Waals surface area contributed by atoms with Gasteiger partial charge in [0.25, 0.3) is 5.91 Å². The van der Waals surface area contributed by atoms with Crippen LogP contribution in [0.5, 0.6) is 0 Å². The molecular weight excluding hydrogens is 410 g/mol. The van der Waals surface area contributed by atoms with Gasteiger partial charge >= 0.3 is 0 Å². The Balaban J connectivity index is 1.75. The van der Waals surface area contributed by atoms with Crippen LogP contribution in [0.3, 0.4) is 0 Å². The van der Waals surface area contributed by atoms with Crippen LogP contribution in [-0.2, 0) is 11.8 Å². The molecule has 3 aromatic carbocycles. The predicted octanol–water partition coefficient (Wildman–Crippen LogP) is 4.69. The molecule has 33 heavy (non-hydrogen) atoms. The quantitative estimate of drug-likeness (QED) is 0.447. The number of aromatic nitrogens is 1. The van der Waals surface area contributed by atoms with E-state index < -0.39 is 0 Å². The van der Waals surface area contributed by atoms with Gasteiger partial charge in [0.2, 0.25) is 5.91 Å². The lowest BCUT2D eigenvalue weighted by Crippen LogP contribution is -2.39. The topological polar surface area (TPSA) is 54.3 Å². The van der Waals surface area contributed by atoms with Gasteiger partial charge in [0.05, 0.1) is 11.7 Å². The molecule has 0 spiro atoms. The Morgan fingerprint density at radius 1 is 1.00 bits per heavy atom. The molecule has 2 amide bonds.